The molecule has 262 valence electrons. The highest BCUT2D eigenvalue weighted by Gasteiger charge is 2.61. The van der Waals surface area contributed by atoms with Crippen molar-refractivity contribution in [2.24, 2.45) is 0 Å². The Balaban J connectivity index is 1.47. The fraction of sp³-hybridized carbons (Fsp3) is 0.150. The third kappa shape index (κ3) is 8.43. The van der Waals surface area contributed by atoms with E-state index < -0.39 is 59.8 Å². The molecule has 5 atom stereocenters. The van der Waals surface area contributed by atoms with Gasteiger partial charge < -0.3 is 23.7 Å². The van der Waals surface area contributed by atoms with Gasteiger partial charge in [0.15, 0.2) is 24.6 Å². The number of esters is 4. The van der Waals surface area contributed by atoms with Gasteiger partial charge in [-0.3, -0.25) is 4.79 Å². The van der Waals surface area contributed by atoms with E-state index in [0.29, 0.717) is 6.29 Å². The second-order valence-electron chi connectivity index (χ2n) is 11.4. The Morgan fingerprint density at radius 2 is 1.04 bits per heavy atom. The maximum Gasteiger partial charge on any atom is 0.338 e. The normalized spacial score (nSPS) is 20.8. The zero-order chi connectivity index (χ0) is 36.3. The van der Waals surface area contributed by atoms with Gasteiger partial charge in [0.1, 0.15) is 12.7 Å². The van der Waals surface area contributed by atoms with Crippen molar-refractivity contribution in [3.8, 4) is 0 Å². The molecule has 1 aliphatic heterocycles. The van der Waals surface area contributed by atoms with Crippen LogP contribution >= 0.6 is 11.8 Å². The first kappa shape index (κ1) is 35.7. The van der Waals surface area contributed by atoms with Gasteiger partial charge in [0, 0.05) is 6.20 Å². The minimum absolute atomic E-state index is 0.120. The van der Waals surface area contributed by atoms with Gasteiger partial charge >= 0.3 is 23.9 Å². The molecule has 1 aromatic heterocycles. The number of ether oxygens (including phenoxy) is 5. The summed E-state index contributed by atoms with van der Waals surface area (Å²) in [6, 6.07) is 37.0. The molecule has 2 heterocycles. The second-order valence-corrected chi connectivity index (χ2v) is 12.7. The number of rotatable bonds is 12. The summed E-state index contributed by atoms with van der Waals surface area (Å²) in [7, 11) is 0. The standard InChI is InChI=1S/C40H31NO10S/c42-26-40(52-32-23-13-14-24-41-32)35(50-39(46)30-21-11-4-12-22-30)34(49-38(45)29-19-9-3-10-20-29)33(48-37(44)28-17-7-2-8-18-28)31(51-40)25-47-36(43)27-15-5-1-6-16-27/h1-24,26,31,33-35H,25H2/t31-,33+,34+,35-,40-/m1/s1. The number of nitrogens with zero attached hydrogens (tertiary/aromatic N) is 1. The lowest BCUT2D eigenvalue weighted by molar-refractivity contribution is -0.232. The Morgan fingerprint density at radius 3 is 1.50 bits per heavy atom. The van der Waals surface area contributed by atoms with Gasteiger partial charge in [0.25, 0.3) is 0 Å². The maximum absolute atomic E-state index is 13.8. The van der Waals surface area contributed by atoms with Crippen molar-refractivity contribution in [1.82, 2.24) is 4.98 Å². The Hall–Kier alpha value is -6.11. The van der Waals surface area contributed by atoms with Crippen LogP contribution in [0.15, 0.2) is 151 Å². The van der Waals surface area contributed by atoms with Crippen LogP contribution in [-0.4, -0.2) is 71.1 Å². The first-order chi connectivity index (χ1) is 25.4. The van der Waals surface area contributed by atoms with Gasteiger partial charge in [0.2, 0.25) is 4.93 Å². The molecule has 0 saturated carbocycles. The van der Waals surface area contributed by atoms with Crippen LogP contribution in [-0.2, 0) is 28.5 Å². The molecular weight excluding hydrogens is 687 g/mol. The molecule has 12 heteroatoms. The molecule has 0 radical (unpaired) electrons. The van der Waals surface area contributed by atoms with Crippen LogP contribution in [0.4, 0.5) is 0 Å². The van der Waals surface area contributed by atoms with Crippen molar-refractivity contribution in [3.63, 3.8) is 0 Å². The average Bonchev–Trinajstić information content (AvgIpc) is 3.20. The molecule has 0 spiro atoms. The largest absolute Gasteiger partial charge is 0.459 e. The van der Waals surface area contributed by atoms with Crippen molar-refractivity contribution >= 4 is 41.9 Å². The van der Waals surface area contributed by atoms with E-state index in [-0.39, 0.29) is 27.3 Å². The molecule has 0 amide bonds. The first-order valence-corrected chi connectivity index (χ1v) is 16.9. The third-order valence-corrected chi connectivity index (χ3v) is 9.12. The molecule has 0 aliphatic carbocycles. The van der Waals surface area contributed by atoms with Gasteiger partial charge in [0.05, 0.1) is 27.3 Å². The lowest BCUT2D eigenvalue weighted by Gasteiger charge is -2.48. The topological polar surface area (TPSA) is 144 Å². The quantitative estimate of drug-likeness (QED) is 0.0848. The minimum atomic E-state index is -2.18. The van der Waals surface area contributed by atoms with Gasteiger partial charge in [-0.2, -0.15) is 0 Å². The van der Waals surface area contributed by atoms with E-state index in [1.807, 2.05) is 0 Å². The summed E-state index contributed by atoms with van der Waals surface area (Å²) in [4.78, 5) is 69.9. The predicted octanol–water partition coefficient (Wildman–Crippen LogP) is 6.00. The summed E-state index contributed by atoms with van der Waals surface area (Å²) in [5, 5.41) is 0.281. The summed E-state index contributed by atoms with van der Waals surface area (Å²) in [5.74, 6) is -3.35. The molecule has 52 heavy (non-hydrogen) atoms. The molecule has 6 rings (SSSR count). The molecule has 1 aliphatic rings. The van der Waals surface area contributed by atoms with Crippen LogP contribution in [0.5, 0.6) is 0 Å². The molecule has 1 saturated heterocycles. The lowest BCUT2D eigenvalue weighted by atomic mass is 9.93. The van der Waals surface area contributed by atoms with E-state index in [1.165, 1.54) is 42.6 Å². The first-order valence-electron chi connectivity index (χ1n) is 16.1. The van der Waals surface area contributed by atoms with Crippen molar-refractivity contribution in [1.29, 1.82) is 0 Å². The average molecular weight is 718 g/mol. The SMILES string of the molecule is O=C[C@]1(Sc2ccccn2)O[C@H](COC(=O)c2ccccc2)[C@H](OC(=O)c2ccccc2)[C@H](OC(=O)c2ccccc2)[C@H]1OC(=O)c1ccccc1. The third-order valence-electron chi connectivity index (χ3n) is 7.92. The number of carbonyl (C=O) groups is 5. The van der Waals surface area contributed by atoms with Crippen LogP contribution in [0.1, 0.15) is 41.4 Å². The van der Waals surface area contributed by atoms with Crippen molar-refractivity contribution in [3.05, 3.63) is 168 Å². The van der Waals surface area contributed by atoms with E-state index in [9.17, 15) is 24.0 Å². The highest BCUT2D eigenvalue weighted by atomic mass is 32.2. The van der Waals surface area contributed by atoms with Gasteiger partial charge in [-0.1, -0.05) is 90.6 Å². The number of carbonyl (C=O) groups excluding carboxylic acids is 5. The molecule has 4 aromatic carbocycles. The fourth-order valence-corrected chi connectivity index (χ4v) is 6.52. The molecule has 0 N–H and O–H groups in total. The Kier molecular flexibility index (Phi) is 11.5. The van der Waals surface area contributed by atoms with Crippen LogP contribution in [0.25, 0.3) is 0 Å². The maximum atomic E-state index is 13.8. The number of hydrogen-bond acceptors (Lipinski definition) is 12. The fourth-order valence-electron chi connectivity index (χ4n) is 5.41. The van der Waals surface area contributed by atoms with Crippen LogP contribution in [0.2, 0.25) is 0 Å². The minimum Gasteiger partial charge on any atom is -0.459 e. The van der Waals surface area contributed by atoms with Crippen molar-refractivity contribution < 1.29 is 47.7 Å². The highest BCUT2D eigenvalue weighted by Crippen LogP contribution is 2.45. The molecule has 0 unspecified atom stereocenters. The molecule has 0 bridgehead atoms. The number of hydrogen-bond donors (Lipinski definition) is 0. The van der Waals surface area contributed by atoms with E-state index in [1.54, 1.807) is 103 Å². The summed E-state index contributed by atoms with van der Waals surface area (Å²) in [5.41, 5.74) is 0.609. The zero-order valence-electron chi connectivity index (χ0n) is 27.4. The van der Waals surface area contributed by atoms with E-state index in [2.05, 4.69) is 4.98 Å². The van der Waals surface area contributed by atoms with Crippen LogP contribution < -0.4 is 0 Å². The number of pyridine rings is 1. The van der Waals surface area contributed by atoms with E-state index >= 15 is 0 Å². The van der Waals surface area contributed by atoms with Gasteiger partial charge in [-0.15, -0.1) is 0 Å². The molecule has 5 aromatic rings. The highest BCUT2D eigenvalue weighted by molar-refractivity contribution is 8.01. The Labute approximate surface area is 302 Å². The molecule has 11 nitrogen and oxygen atoms in total. The van der Waals surface area contributed by atoms with Crippen LogP contribution in [0, 0.1) is 0 Å². The summed E-state index contributed by atoms with van der Waals surface area (Å²) in [6.45, 7) is -0.572. The van der Waals surface area contributed by atoms with Gasteiger partial charge in [-0.05, 0) is 60.7 Å². The lowest BCUT2D eigenvalue weighted by Crippen LogP contribution is -2.67. The summed E-state index contributed by atoms with van der Waals surface area (Å²) >= 11 is 0.785. The monoisotopic (exact) mass is 717 g/mol. The van der Waals surface area contributed by atoms with E-state index in [4.69, 9.17) is 23.7 Å². The van der Waals surface area contributed by atoms with Crippen LogP contribution in [0.3, 0.4) is 0 Å². The van der Waals surface area contributed by atoms with E-state index in [0.717, 1.165) is 11.8 Å². The predicted molar refractivity (Wildman–Crippen MR) is 187 cm³/mol. The Morgan fingerprint density at radius 1 is 0.596 bits per heavy atom. The number of thioether (sulfide) groups is 1. The van der Waals surface area contributed by atoms with Crippen molar-refractivity contribution in [2.75, 3.05) is 6.61 Å². The Bertz CT molecular complexity index is 1980. The smallest absolute Gasteiger partial charge is 0.338 e. The second kappa shape index (κ2) is 16.7. The molecule has 1 fully saturated rings. The van der Waals surface area contributed by atoms with Crippen molar-refractivity contribution in [2.45, 2.75) is 34.4 Å². The molecular formula is C40H31NO10S. The zero-order valence-corrected chi connectivity index (χ0v) is 28.2. The summed E-state index contributed by atoms with van der Waals surface area (Å²) in [6.07, 6.45) is -4.57. The number of benzene rings is 4. The van der Waals surface area contributed by atoms with Gasteiger partial charge in [-0.25, -0.2) is 24.2 Å². The number of aldehydes is 1. The summed E-state index contributed by atoms with van der Waals surface area (Å²) < 4.78 is 30.3. The number of aromatic nitrogens is 1.